The van der Waals surface area contributed by atoms with E-state index in [1.807, 2.05) is 28.9 Å². The van der Waals surface area contributed by atoms with Crippen molar-refractivity contribution in [1.82, 2.24) is 20.1 Å². The Morgan fingerprint density at radius 3 is 2.68 bits per heavy atom. The summed E-state index contributed by atoms with van der Waals surface area (Å²) in [7, 11) is 0. The molecule has 0 spiro atoms. The summed E-state index contributed by atoms with van der Waals surface area (Å²) in [6.45, 7) is 7.71. The molecule has 0 saturated carbocycles. The highest BCUT2D eigenvalue weighted by Crippen LogP contribution is 2.16. The fourth-order valence-corrected chi connectivity index (χ4v) is 1.88. The zero-order valence-electron chi connectivity index (χ0n) is 11.5. The van der Waals surface area contributed by atoms with Gasteiger partial charge < -0.3 is 5.32 Å². The van der Waals surface area contributed by atoms with Gasteiger partial charge in [0.15, 0.2) is 0 Å². The molecular formula is C14H19ClN4. The minimum atomic E-state index is 0.0567. The van der Waals surface area contributed by atoms with Crippen LogP contribution in [0.4, 0.5) is 0 Å². The summed E-state index contributed by atoms with van der Waals surface area (Å²) >= 11 is 6.17. The van der Waals surface area contributed by atoms with Crippen molar-refractivity contribution in [3.05, 3.63) is 47.0 Å². The van der Waals surface area contributed by atoms with Gasteiger partial charge in [0.2, 0.25) is 0 Å². The number of nitrogens with zero attached hydrogens (tertiary/aromatic N) is 3. The van der Waals surface area contributed by atoms with E-state index in [1.165, 1.54) is 0 Å². The van der Waals surface area contributed by atoms with Crippen molar-refractivity contribution in [3.63, 3.8) is 0 Å². The molecule has 0 bridgehead atoms. The summed E-state index contributed by atoms with van der Waals surface area (Å²) in [5, 5.41) is 8.43. The fraction of sp³-hybridized carbons (Fsp3) is 0.429. The molecule has 1 N–H and O–H groups in total. The summed E-state index contributed by atoms with van der Waals surface area (Å²) in [6, 6.07) is 7.80. The number of rotatable bonds is 4. The summed E-state index contributed by atoms with van der Waals surface area (Å²) in [6.07, 6.45) is 1.58. The second kappa shape index (κ2) is 5.72. The molecule has 5 heteroatoms. The van der Waals surface area contributed by atoms with Crippen molar-refractivity contribution in [2.75, 3.05) is 0 Å². The maximum Gasteiger partial charge on any atom is 0.141 e. The molecule has 0 fully saturated rings. The molecule has 0 radical (unpaired) electrons. The summed E-state index contributed by atoms with van der Waals surface area (Å²) in [4.78, 5) is 4.29. The molecule has 1 aromatic heterocycles. The first-order valence-electron chi connectivity index (χ1n) is 6.31. The smallest absolute Gasteiger partial charge is 0.141 e. The van der Waals surface area contributed by atoms with E-state index in [2.05, 4.69) is 36.2 Å². The van der Waals surface area contributed by atoms with Crippen molar-refractivity contribution < 1.29 is 0 Å². The number of benzene rings is 1. The number of nitrogens with one attached hydrogen (secondary N) is 1. The van der Waals surface area contributed by atoms with Gasteiger partial charge in [0.05, 0.1) is 13.1 Å². The maximum atomic E-state index is 6.17. The minimum Gasteiger partial charge on any atom is -0.305 e. The Hall–Kier alpha value is -1.39. The summed E-state index contributed by atoms with van der Waals surface area (Å²) in [5.74, 6) is 0.912. The van der Waals surface area contributed by atoms with Gasteiger partial charge in [-0.25, -0.2) is 9.67 Å². The molecule has 1 aromatic carbocycles. The zero-order chi connectivity index (χ0) is 13.9. The lowest BCUT2D eigenvalue weighted by Gasteiger charge is -2.20. The summed E-state index contributed by atoms with van der Waals surface area (Å²) in [5.41, 5.74) is 1.10. The normalized spacial score (nSPS) is 11.8. The molecule has 0 unspecified atom stereocenters. The van der Waals surface area contributed by atoms with Gasteiger partial charge in [-0.1, -0.05) is 29.8 Å². The molecule has 0 aliphatic heterocycles. The van der Waals surface area contributed by atoms with E-state index in [1.54, 1.807) is 6.33 Å². The number of aromatic nitrogens is 3. The standard InChI is InChI=1S/C14H19ClN4/c1-14(2,3)17-8-13-16-10-18-19(13)9-11-6-4-5-7-12(11)15/h4-7,10,17H,8-9H2,1-3H3. The molecular weight excluding hydrogens is 260 g/mol. The van der Waals surface area contributed by atoms with Gasteiger partial charge in [-0.15, -0.1) is 0 Å². The average molecular weight is 279 g/mol. The maximum absolute atomic E-state index is 6.17. The largest absolute Gasteiger partial charge is 0.305 e. The Morgan fingerprint density at radius 1 is 1.26 bits per heavy atom. The van der Waals surface area contributed by atoms with E-state index in [0.717, 1.165) is 16.4 Å². The van der Waals surface area contributed by atoms with Crippen LogP contribution >= 0.6 is 11.6 Å². The van der Waals surface area contributed by atoms with Gasteiger partial charge in [-0.3, -0.25) is 0 Å². The quantitative estimate of drug-likeness (QED) is 0.935. The summed E-state index contributed by atoms with van der Waals surface area (Å²) < 4.78 is 1.87. The van der Waals surface area contributed by atoms with Crippen LogP contribution in [0, 0.1) is 0 Å². The van der Waals surface area contributed by atoms with Gasteiger partial charge in [0.25, 0.3) is 0 Å². The monoisotopic (exact) mass is 278 g/mol. The molecule has 19 heavy (non-hydrogen) atoms. The first-order valence-corrected chi connectivity index (χ1v) is 6.68. The van der Waals surface area contributed by atoms with Crippen molar-refractivity contribution >= 4 is 11.6 Å². The molecule has 0 atom stereocenters. The zero-order valence-corrected chi connectivity index (χ0v) is 12.3. The third kappa shape index (κ3) is 4.04. The molecule has 102 valence electrons. The molecule has 0 aliphatic carbocycles. The van der Waals surface area contributed by atoms with Gasteiger partial charge in [0, 0.05) is 10.6 Å². The lowest BCUT2D eigenvalue weighted by Crippen LogP contribution is -2.36. The topological polar surface area (TPSA) is 42.7 Å². The third-order valence-electron chi connectivity index (χ3n) is 2.75. The Kier molecular flexibility index (Phi) is 4.22. The SMILES string of the molecule is CC(C)(C)NCc1ncnn1Cc1ccccc1Cl. The Labute approximate surface area is 118 Å². The highest BCUT2D eigenvalue weighted by Gasteiger charge is 2.12. The van der Waals surface area contributed by atoms with Crippen molar-refractivity contribution in [2.45, 2.75) is 39.4 Å². The minimum absolute atomic E-state index is 0.0567. The van der Waals surface area contributed by atoms with Gasteiger partial charge in [0.1, 0.15) is 12.2 Å². The number of halogens is 1. The van der Waals surface area contributed by atoms with Crippen LogP contribution in [-0.4, -0.2) is 20.3 Å². The third-order valence-corrected chi connectivity index (χ3v) is 3.12. The predicted molar refractivity (Wildman–Crippen MR) is 77.2 cm³/mol. The first-order chi connectivity index (χ1) is 8.96. The number of hydrogen-bond donors (Lipinski definition) is 1. The predicted octanol–water partition coefficient (Wildman–Crippen LogP) is 2.87. The van der Waals surface area contributed by atoms with E-state index in [0.29, 0.717) is 13.1 Å². The molecule has 0 aliphatic rings. The molecule has 2 rings (SSSR count). The van der Waals surface area contributed by atoms with Crippen LogP contribution in [0.1, 0.15) is 32.2 Å². The van der Waals surface area contributed by atoms with E-state index in [9.17, 15) is 0 Å². The van der Waals surface area contributed by atoms with Crippen LogP contribution in [0.15, 0.2) is 30.6 Å². The van der Waals surface area contributed by atoms with Crippen molar-refractivity contribution in [3.8, 4) is 0 Å². The van der Waals surface area contributed by atoms with E-state index in [4.69, 9.17) is 11.6 Å². The lowest BCUT2D eigenvalue weighted by atomic mass is 10.1. The van der Waals surface area contributed by atoms with Gasteiger partial charge in [-0.2, -0.15) is 5.10 Å². The highest BCUT2D eigenvalue weighted by molar-refractivity contribution is 6.31. The fourth-order valence-electron chi connectivity index (χ4n) is 1.69. The Morgan fingerprint density at radius 2 is 2.00 bits per heavy atom. The van der Waals surface area contributed by atoms with Crippen LogP contribution in [-0.2, 0) is 13.1 Å². The van der Waals surface area contributed by atoms with Crippen molar-refractivity contribution in [1.29, 1.82) is 0 Å². The van der Waals surface area contributed by atoms with E-state index in [-0.39, 0.29) is 5.54 Å². The first kappa shape index (κ1) is 14.0. The van der Waals surface area contributed by atoms with Crippen LogP contribution in [0.2, 0.25) is 5.02 Å². The molecule has 0 amide bonds. The molecule has 1 heterocycles. The van der Waals surface area contributed by atoms with Crippen LogP contribution in [0.25, 0.3) is 0 Å². The van der Waals surface area contributed by atoms with E-state index >= 15 is 0 Å². The second-order valence-electron chi connectivity index (χ2n) is 5.53. The van der Waals surface area contributed by atoms with Crippen LogP contribution in [0.3, 0.4) is 0 Å². The van der Waals surface area contributed by atoms with Crippen molar-refractivity contribution in [2.24, 2.45) is 0 Å². The molecule has 0 saturated heterocycles. The lowest BCUT2D eigenvalue weighted by molar-refractivity contribution is 0.410. The molecule has 2 aromatic rings. The van der Waals surface area contributed by atoms with Crippen LogP contribution < -0.4 is 5.32 Å². The van der Waals surface area contributed by atoms with E-state index < -0.39 is 0 Å². The van der Waals surface area contributed by atoms with Crippen LogP contribution in [0.5, 0.6) is 0 Å². The molecule has 4 nitrogen and oxygen atoms in total. The number of hydrogen-bond acceptors (Lipinski definition) is 3. The Balaban J connectivity index is 2.10. The highest BCUT2D eigenvalue weighted by atomic mass is 35.5. The Bertz CT molecular complexity index is 542. The average Bonchev–Trinajstić information content (AvgIpc) is 2.76. The van der Waals surface area contributed by atoms with Gasteiger partial charge >= 0.3 is 0 Å². The second-order valence-corrected chi connectivity index (χ2v) is 5.94. The van der Waals surface area contributed by atoms with Gasteiger partial charge in [-0.05, 0) is 32.4 Å².